The van der Waals surface area contributed by atoms with Gasteiger partial charge < -0.3 is 24.4 Å². The number of nitrogens with one attached hydrogen (secondary N) is 2. The molecule has 0 aromatic carbocycles. The molecular weight excluding hydrogens is 511 g/mol. The third-order valence-corrected chi connectivity index (χ3v) is 7.53. The molecule has 1 fully saturated rings. The van der Waals surface area contributed by atoms with Crippen molar-refractivity contribution in [1.29, 1.82) is 0 Å². The predicted octanol–water partition coefficient (Wildman–Crippen LogP) is 0.496. The van der Waals surface area contributed by atoms with Gasteiger partial charge in [0.15, 0.2) is 5.76 Å². The van der Waals surface area contributed by atoms with Crippen molar-refractivity contribution in [3.63, 3.8) is 0 Å². The van der Waals surface area contributed by atoms with Crippen LogP contribution in [0.4, 0.5) is 4.79 Å². The Bertz CT molecular complexity index is 1110. The van der Waals surface area contributed by atoms with Gasteiger partial charge in [-0.2, -0.15) is 0 Å². The molecule has 0 saturated carbocycles. The number of oxime groups is 1. The average Bonchev–Trinajstić information content (AvgIpc) is 3.38. The molecule has 1 aromatic rings. The van der Waals surface area contributed by atoms with Crippen molar-refractivity contribution in [3.8, 4) is 0 Å². The summed E-state index contributed by atoms with van der Waals surface area (Å²) in [6.45, 7) is -0.509. The Morgan fingerprint density at radius 3 is 2.60 bits per heavy atom. The first-order chi connectivity index (χ1) is 16.7. The Balaban J connectivity index is 1.70. The van der Waals surface area contributed by atoms with Crippen molar-refractivity contribution in [2.75, 3.05) is 33.7 Å². The van der Waals surface area contributed by atoms with Crippen molar-refractivity contribution < 1.29 is 51.9 Å². The molecule has 0 bridgehead atoms. The molecule has 2 atom stereocenters. The molecule has 2 aliphatic rings. The first-order valence-electron chi connectivity index (χ1n) is 9.68. The Kier molecular flexibility index (Phi) is 8.22. The van der Waals surface area contributed by atoms with Crippen LogP contribution >= 0.6 is 19.5 Å². The van der Waals surface area contributed by atoms with Gasteiger partial charge in [-0.15, -0.1) is 11.8 Å². The standard InChI is InChI=1S/C18H21N4O11PS/c1-29-20-11(10-5-4-6-32-10)14(23)19-12-15(24)22-13(17(25)26)9(8-35-16(12)22)7-33-18(27)21-34(28,30-2)31-3/h4-6,12,16H,7-8H2,1-3H3,(H,19,23)(H,25,26)(H,21,27,28)/b20-11-/t12?,16-/m0/s1. The van der Waals surface area contributed by atoms with E-state index in [1.54, 1.807) is 0 Å². The topological polar surface area (TPSA) is 195 Å². The fraction of sp³-hybridized carbons (Fsp3) is 0.389. The summed E-state index contributed by atoms with van der Waals surface area (Å²) >= 11 is 1.15. The van der Waals surface area contributed by atoms with Gasteiger partial charge in [0.2, 0.25) is 5.71 Å². The van der Waals surface area contributed by atoms with Gasteiger partial charge in [-0.1, -0.05) is 5.16 Å². The zero-order chi connectivity index (χ0) is 25.8. The number of β-lactam (4-membered cyclic amide) rings is 1. The minimum Gasteiger partial charge on any atom is -0.477 e. The number of hydrogen-bond donors (Lipinski definition) is 3. The highest BCUT2D eigenvalue weighted by Gasteiger charge is 2.54. The monoisotopic (exact) mass is 532 g/mol. The molecular formula is C18H21N4O11PS. The zero-order valence-corrected chi connectivity index (χ0v) is 20.3. The van der Waals surface area contributed by atoms with E-state index in [0.717, 1.165) is 30.9 Å². The zero-order valence-electron chi connectivity index (χ0n) is 18.6. The van der Waals surface area contributed by atoms with Gasteiger partial charge in [-0.05, 0) is 12.1 Å². The van der Waals surface area contributed by atoms with Gasteiger partial charge in [0.25, 0.3) is 11.8 Å². The van der Waals surface area contributed by atoms with Crippen LogP contribution in [0, 0.1) is 0 Å². The minimum atomic E-state index is -3.91. The molecule has 3 N–H and O–H groups in total. The number of amides is 3. The van der Waals surface area contributed by atoms with E-state index >= 15 is 0 Å². The van der Waals surface area contributed by atoms with Gasteiger partial charge in [0.05, 0.1) is 6.26 Å². The summed E-state index contributed by atoms with van der Waals surface area (Å²) in [5.41, 5.74) is -0.465. The van der Waals surface area contributed by atoms with Crippen LogP contribution < -0.4 is 10.4 Å². The second kappa shape index (κ2) is 10.9. The van der Waals surface area contributed by atoms with E-state index in [9.17, 15) is 28.8 Å². The lowest BCUT2D eigenvalue weighted by Gasteiger charge is -2.49. The highest BCUT2D eigenvalue weighted by molar-refractivity contribution is 8.00. The molecule has 1 saturated heterocycles. The number of carbonyl (C=O) groups excluding carboxylic acids is 3. The Labute approximate surface area is 202 Å². The van der Waals surface area contributed by atoms with Crippen molar-refractivity contribution in [2.45, 2.75) is 11.4 Å². The Hall–Kier alpha value is -3.33. The maximum atomic E-state index is 12.8. The molecule has 0 radical (unpaired) electrons. The summed E-state index contributed by atoms with van der Waals surface area (Å²) < 4.78 is 31.2. The van der Waals surface area contributed by atoms with Gasteiger partial charge in [0, 0.05) is 25.5 Å². The van der Waals surface area contributed by atoms with E-state index < -0.39 is 49.6 Å². The maximum Gasteiger partial charge on any atom is 0.437 e. The smallest absolute Gasteiger partial charge is 0.437 e. The highest BCUT2D eigenvalue weighted by Crippen LogP contribution is 2.42. The normalized spacial score (nSPS) is 20.0. The van der Waals surface area contributed by atoms with Gasteiger partial charge in [0.1, 0.15) is 30.8 Å². The molecule has 0 spiro atoms. The van der Waals surface area contributed by atoms with Crippen LogP contribution in [-0.4, -0.2) is 84.7 Å². The van der Waals surface area contributed by atoms with E-state index in [-0.39, 0.29) is 28.5 Å². The summed E-state index contributed by atoms with van der Waals surface area (Å²) in [6, 6.07) is 1.98. The van der Waals surface area contributed by atoms with E-state index in [2.05, 4.69) is 24.4 Å². The second-order valence-corrected chi connectivity index (χ2v) is 9.82. The molecule has 3 heterocycles. The number of fused-ring (bicyclic) bond motifs is 1. The number of thioether (sulfide) groups is 1. The van der Waals surface area contributed by atoms with Gasteiger partial charge in [-0.25, -0.2) is 19.2 Å². The lowest BCUT2D eigenvalue weighted by Crippen LogP contribution is -2.71. The number of hydrogen-bond acceptors (Lipinski definition) is 12. The van der Waals surface area contributed by atoms with Crippen LogP contribution in [0.3, 0.4) is 0 Å². The summed E-state index contributed by atoms with van der Waals surface area (Å²) in [4.78, 5) is 54.9. The Morgan fingerprint density at radius 1 is 1.31 bits per heavy atom. The molecule has 1 unspecified atom stereocenters. The molecule has 35 heavy (non-hydrogen) atoms. The fourth-order valence-electron chi connectivity index (χ4n) is 3.17. The fourth-order valence-corrected chi connectivity index (χ4v) is 5.12. The number of rotatable bonds is 10. The minimum absolute atomic E-state index is 0.0686. The SMILES string of the molecule is CO/N=C(\C(=O)NC1C(=O)N2C(C(=O)O)=C(COC(=O)NP(=O)(OC)OC)CS[C@@H]12)c1ccco1. The molecule has 17 heteroatoms. The van der Waals surface area contributed by atoms with Crippen molar-refractivity contribution in [2.24, 2.45) is 5.16 Å². The highest BCUT2D eigenvalue weighted by atomic mass is 32.2. The van der Waals surface area contributed by atoms with E-state index in [4.69, 9.17) is 9.15 Å². The van der Waals surface area contributed by atoms with Crippen molar-refractivity contribution >= 4 is 49.1 Å². The van der Waals surface area contributed by atoms with Crippen molar-refractivity contribution in [1.82, 2.24) is 15.3 Å². The maximum absolute atomic E-state index is 12.8. The molecule has 190 valence electrons. The summed E-state index contributed by atoms with van der Waals surface area (Å²) in [5, 5.41) is 17.0. The molecule has 2 aliphatic heterocycles. The lowest BCUT2D eigenvalue weighted by atomic mass is 10.0. The number of carboxylic acids is 1. The van der Waals surface area contributed by atoms with Crippen LogP contribution in [0.5, 0.6) is 0 Å². The molecule has 3 amide bonds. The van der Waals surface area contributed by atoms with Crippen LogP contribution in [0.15, 0.2) is 39.2 Å². The van der Waals surface area contributed by atoms with Gasteiger partial charge >= 0.3 is 19.8 Å². The third-order valence-electron chi connectivity index (χ3n) is 4.78. The largest absolute Gasteiger partial charge is 0.477 e. The third kappa shape index (κ3) is 5.51. The quantitative estimate of drug-likeness (QED) is 0.164. The molecule has 15 nitrogen and oxygen atoms in total. The first-order valence-corrected chi connectivity index (χ1v) is 12.3. The number of nitrogens with zero attached hydrogens (tertiary/aromatic N) is 2. The molecule has 1 aromatic heterocycles. The van der Waals surface area contributed by atoms with E-state index in [1.807, 2.05) is 5.09 Å². The number of furan rings is 1. The predicted molar refractivity (Wildman–Crippen MR) is 118 cm³/mol. The Morgan fingerprint density at radius 2 is 2.03 bits per heavy atom. The number of carboxylic acid groups (broad SMARTS) is 1. The second-order valence-electron chi connectivity index (χ2n) is 6.77. The van der Waals surface area contributed by atoms with Gasteiger partial charge in [-0.3, -0.25) is 23.5 Å². The summed E-state index contributed by atoms with van der Waals surface area (Å²) in [6.07, 6.45) is 0.155. The van der Waals surface area contributed by atoms with Crippen LogP contribution in [0.1, 0.15) is 5.76 Å². The number of aliphatic carboxylic acids is 1. The molecule has 3 rings (SSSR count). The summed E-state index contributed by atoms with van der Waals surface area (Å²) in [5.74, 6) is -2.69. The van der Waals surface area contributed by atoms with E-state index in [0.29, 0.717) is 0 Å². The van der Waals surface area contributed by atoms with Crippen LogP contribution in [0.25, 0.3) is 0 Å². The lowest BCUT2D eigenvalue weighted by molar-refractivity contribution is -0.150. The van der Waals surface area contributed by atoms with Crippen LogP contribution in [-0.2, 0) is 37.6 Å². The first kappa shape index (κ1) is 26.3. The molecule has 0 aliphatic carbocycles. The van der Waals surface area contributed by atoms with Crippen LogP contribution in [0.2, 0.25) is 0 Å². The van der Waals surface area contributed by atoms with Crippen molar-refractivity contribution in [3.05, 3.63) is 35.4 Å². The van der Waals surface area contributed by atoms with E-state index in [1.165, 1.54) is 25.5 Å². The number of carbonyl (C=O) groups is 4. The summed E-state index contributed by atoms with van der Waals surface area (Å²) in [7, 11) is -0.566. The average molecular weight is 532 g/mol. The number of ether oxygens (including phenoxy) is 1.